The van der Waals surface area contributed by atoms with Gasteiger partial charge in [-0.3, -0.25) is 0 Å². The third kappa shape index (κ3) is 4.14. The second-order valence-electron chi connectivity index (χ2n) is 3.71. The zero-order valence-electron chi connectivity index (χ0n) is 7.85. The Morgan fingerprint density at radius 1 is 1.55 bits per heavy atom. The van der Waals surface area contributed by atoms with Crippen LogP contribution in [0.5, 0.6) is 0 Å². The highest BCUT2D eigenvalue weighted by atomic mass is 16.3. The van der Waals surface area contributed by atoms with E-state index in [9.17, 15) is 9.90 Å². The highest BCUT2D eigenvalue weighted by Crippen LogP contribution is 2.21. The fraction of sp³-hybridized carbons (Fsp3) is 0.889. The molecule has 0 aliphatic heterocycles. The lowest BCUT2D eigenvalue weighted by Crippen LogP contribution is -2.31. The zero-order valence-corrected chi connectivity index (χ0v) is 7.85. The molecule has 0 rings (SSSR count). The number of Topliss-reactive ketones (excluding diaryl/α,β-unsaturated/α-hetero) is 1. The minimum Gasteiger partial charge on any atom is -0.390 e. The molecular weight excluding hydrogens is 140 g/mol. The van der Waals surface area contributed by atoms with Crippen molar-refractivity contribution in [3.63, 3.8) is 0 Å². The summed E-state index contributed by atoms with van der Waals surface area (Å²) in [7, 11) is 0. The first-order chi connectivity index (χ1) is 4.86. The standard InChI is InChI=1S/C9H18O2/c1-7(2)9(4,11)6-5-8(3)10/h7,11H,5-6H2,1-4H3/t9-/m0/s1. The number of aliphatic hydroxyl groups is 1. The van der Waals surface area contributed by atoms with E-state index in [4.69, 9.17) is 0 Å². The summed E-state index contributed by atoms with van der Waals surface area (Å²) in [5.41, 5.74) is -0.689. The molecule has 0 bridgehead atoms. The van der Waals surface area contributed by atoms with Crippen LogP contribution in [0, 0.1) is 5.92 Å². The summed E-state index contributed by atoms with van der Waals surface area (Å²) in [6, 6.07) is 0. The smallest absolute Gasteiger partial charge is 0.129 e. The maximum absolute atomic E-state index is 10.6. The monoisotopic (exact) mass is 158 g/mol. The quantitative estimate of drug-likeness (QED) is 0.677. The average Bonchev–Trinajstić information content (AvgIpc) is 1.84. The molecule has 2 heteroatoms. The second kappa shape index (κ2) is 3.86. The maximum atomic E-state index is 10.6. The molecule has 0 saturated carbocycles. The van der Waals surface area contributed by atoms with Crippen LogP contribution >= 0.6 is 0 Å². The van der Waals surface area contributed by atoms with Gasteiger partial charge in [0.1, 0.15) is 5.78 Å². The first-order valence-corrected chi connectivity index (χ1v) is 4.08. The van der Waals surface area contributed by atoms with Crippen LogP contribution in [0.1, 0.15) is 40.5 Å². The van der Waals surface area contributed by atoms with E-state index < -0.39 is 5.60 Å². The summed E-state index contributed by atoms with van der Waals surface area (Å²) < 4.78 is 0. The minimum atomic E-state index is -0.689. The number of ketones is 1. The molecule has 0 spiro atoms. The summed E-state index contributed by atoms with van der Waals surface area (Å²) >= 11 is 0. The molecule has 11 heavy (non-hydrogen) atoms. The number of carbonyl (C=O) groups is 1. The van der Waals surface area contributed by atoms with Gasteiger partial charge >= 0.3 is 0 Å². The molecule has 0 aliphatic rings. The Labute approximate surface area is 68.6 Å². The molecule has 1 atom stereocenters. The van der Waals surface area contributed by atoms with E-state index in [0.717, 1.165) is 0 Å². The van der Waals surface area contributed by atoms with E-state index in [-0.39, 0.29) is 11.7 Å². The van der Waals surface area contributed by atoms with Crippen LogP contribution in [-0.2, 0) is 4.79 Å². The zero-order chi connectivity index (χ0) is 9.07. The molecule has 0 amide bonds. The van der Waals surface area contributed by atoms with Crippen LogP contribution in [-0.4, -0.2) is 16.5 Å². The van der Waals surface area contributed by atoms with Crippen molar-refractivity contribution in [1.29, 1.82) is 0 Å². The summed E-state index contributed by atoms with van der Waals surface area (Å²) in [6.07, 6.45) is 1.05. The van der Waals surface area contributed by atoms with Gasteiger partial charge in [0.25, 0.3) is 0 Å². The molecule has 0 fully saturated rings. The first kappa shape index (κ1) is 10.6. The van der Waals surface area contributed by atoms with Crippen LogP contribution in [0.3, 0.4) is 0 Å². The van der Waals surface area contributed by atoms with E-state index in [2.05, 4.69) is 0 Å². The van der Waals surface area contributed by atoms with Crippen molar-refractivity contribution >= 4 is 5.78 Å². The van der Waals surface area contributed by atoms with Crippen molar-refractivity contribution in [2.45, 2.75) is 46.1 Å². The molecule has 66 valence electrons. The first-order valence-electron chi connectivity index (χ1n) is 4.08. The Morgan fingerprint density at radius 3 is 2.27 bits per heavy atom. The van der Waals surface area contributed by atoms with Crippen molar-refractivity contribution in [3.05, 3.63) is 0 Å². The SMILES string of the molecule is CC(=O)CC[C@](C)(O)C(C)C. The van der Waals surface area contributed by atoms with Crippen LogP contribution in [0.15, 0.2) is 0 Å². The number of rotatable bonds is 4. The second-order valence-corrected chi connectivity index (χ2v) is 3.71. The Hall–Kier alpha value is -0.370. The largest absolute Gasteiger partial charge is 0.390 e. The predicted octanol–water partition coefficient (Wildman–Crippen LogP) is 1.76. The van der Waals surface area contributed by atoms with Crippen molar-refractivity contribution in [2.75, 3.05) is 0 Å². The van der Waals surface area contributed by atoms with Crippen LogP contribution < -0.4 is 0 Å². The molecule has 0 radical (unpaired) electrons. The highest BCUT2D eigenvalue weighted by Gasteiger charge is 2.24. The topological polar surface area (TPSA) is 37.3 Å². The van der Waals surface area contributed by atoms with E-state index in [1.807, 2.05) is 13.8 Å². The number of carbonyl (C=O) groups excluding carboxylic acids is 1. The maximum Gasteiger partial charge on any atom is 0.129 e. The minimum absolute atomic E-state index is 0.144. The van der Waals surface area contributed by atoms with Crippen molar-refractivity contribution in [1.82, 2.24) is 0 Å². The van der Waals surface area contributed by atoms with E-state index in [1.54, 1.807) is 13.8 Å². The van der Waals surface area contributed by atoms with Gasteiger partial charge in [0.05, 0.1) is 5.60 Å². The molecule has 0 saturated heterocycles. The summed E-state index contributed by atoms with van der Waals surface area (Å²) in [4.78, 5) is 10.6. The molecule has 2 nitrogen and oxygen atoms in total. The number of hydrogen-bond acceptors (Lipinski definition) is 2. The normalized spacial score (nSPS) is 16.5. The van der Waals surface area contributed by atoms with Gasteiger partial charge in [-0.25, -0.2) is 0 Å². The van der Waals surface area contributed by atoms with E-state index >= 15 is 0 Å². The van der Waals surface area contributed by atoms with Crippen LogP contribution in [0.2, 0.25) is 0 Å². The molecule has 1 N–H and O–H groups in total. The van der Waals surface area contributed by atoms with Crippen molar-refractivity contribution in [3.8, 4) is 0 Å². The Morgan fingerprint density at radius 2 is 2.00 bits per heavy atom. The van der Waals surface area contributed by atoms with E-state index in [0.29, 0.717) is 12.8 Å². The molecule has 0 aliphatic carbocycles. The van der Waals surface area contributed by atoms with Crippen LogP contribution in [0.25, 0.3) is 0 Å². The van der Waals surface area contributed by atoms with E-state index in [1.165, 1.54) is 0 Å². The summed E-state index contributed by atoms with van der Waals surface area (Å²) in [6.45, 7) is 7.25. The fourth-order valence-electron chi connectivity index (χ4n) is 0.718. The van der Waals surface area contributed by atoms with Gasteiger partial charge in [-0.2, -0.15) is 0 Å². The van der Waals surface area contributed by atoms with Gasteiger partial charge in [-0.05, 0) is 26.2 Å². The summed E-state index contributed by atoms with van der Waals surface area (Å²) in [5.74, 6) is 0.354. The fourth-order valence-corrected chi connectivity index (χ4v) is 0.718. The van der Waals surface area contributed by atoms with Crippen LogP contribution in [0.4, 0.5) is 0 Å². The lowest BCUT2D eigenvalue weighted by molar-refractivity contribution is -0.118. The lowest BCUT2D eigenvalue weighted by Gasteiger charge is -2.26. The molecule has 0 aromatic rings. The Kier molecular flexibility index (Phi) is 3.73. The molecule has 0 aromatic heterocycles. The third-order valence-electron chi connectivity index (χ3n) is 2.23. The number of hydrogen-bond donors (Lipinski definition) is 1. The molecule has 0 unspecified atom stereocenters. The molecule has 0 aromatic carbocycles. The van der Waals surface area contributed by atoms with Crippen molar-refractivity contribution in [2.24, 2.45) is 5.92 Å². The van der Waals surface area contributed by atoms with Gasteiger partial charge in [-0.1, -0.05) is 13.8 Å². The Balaban J connectivity index is 3.82. The van der Waals surface area contributed by atoms with Gasteiger partial charge < -0.3 is 9.90 Å². The predicted molar refractivity (Wildman–Crippen MR) is 45.4 cm³/mol. The molecular formula is C9H18O2. The third-order valence-corrected chi connectivity index (χ3v) is 2.23. The van der Waals surface area contributed by atoms with Gasteiger partial charge in [-0.15, -0.1) is 0 Å². The average molecular weight is 158 g/mol. The van der Waals surface area contributed by atoms with Crippen molar-refractivity contribution < 1.29 is 9.90 Å². The van der Waals surface area contributed by atoms with Gasteiger partial charge in [0, 0.05) is 6.42 Å². The summed E-state index contributed by atoms with van der Waals surface area (Å²) in [5, 5.41) is 9.69. The van der Waals surface area contributed by atoms with Gasteiger partial charge in [0.2, 0.25) is 0 Å². The molecule has 0 heterocycles. The van der Waals surface area contributed by atoms with Gasteiger partial charge in [0.15, 0.2) is 0 Å². The lowest BCUT2D eigenvalue weighted by atomic mass is 9.87. The Bertz CT molecular complexity index is 136. The highest BCUT2D eigenvalue weighted by molar-refractivity contribution is 5.75.